The molecule has 3 atom stereocenters. The summed E-state index contributed by atoms with van der Waals surface area (Å²) in [5.41, 5.74) is 1.99. The van der Waals surface area contributed by atoms with E-state index in [4.69, 9.17) is 0 Å². The van der Waals surface area contributed by atoms with Crippen molar-refractivity contribution in [1.82, 2.24) is 15.5 Å². The average Bonchev–Trinajstić information content (AvgIpc) is 2.94. The molecule has 3 unspecified atom stereocenters. The van der Waals surface area contributed by atoms with Crippen molar-refractivity contribution in [2.24, 2.45) is 0 Å². The summed E-state index contributed by atoms with van der Waals surface area (Å²) in [6, 6.07) is 6.36. The van der Waals surface area contributed by atoms with Gasteiger partial charge in [-0.2, -0.15) is 0 Å². The Kier molecular flexibility index (Phi) is 3.55. The predicted molar refractivity (Wildman–Crippen MR) is 76.6 cm³/mol. The number of nitrogens with zero attached hydrogens (tertiary/aromatic N) is 1. The lowest BCUT2D eigenvalue weighted by Crippen LogP contribution is -2.47. The minimum absolute atomic E-state index is 0.0717. The van der Waals surface area contributed by atoms with E-state index in [-0.39, 0.29) is 5.91 Å². The molecule has 1 aliphatic heterocycles. The molecule has 21 heavy (non-hydrogen) atoms. The minimum Gasteiger partial charge on any atom is -0.390 e. The van der Waals surface area contributed by atoms with Crippen LogP contribution in [0.2, 0.25) is 0 Å². The number of carbonyl (C=O) groups excluding carboxylic acids is 2. The maximum Gasteiger partial charge on any atom is 0.316 e. The van der Waals surface area contributed by atoms with Gasteiger partial charge < -0.3 is 20.6 Å². The highest BCUT2D eigenvalue weighted by atomic mass is 16.3. The Labute approximate surface area is 123 Å². The van der Waals surface area contributed by atoms with Crippen molar-refractivity contribution in [3.05, 3.63) is 35.4 Å². The number of urea groups is 1. The smallest absolute Gasteiger partial charge is 0.316 e. The lowest BCUT2D eigenvalue weighted by molar-refractivity contribution is -0.128. The average molecular weight is 289 g/mol. The maximum absolute atomic E-state index is 12.1. The number of aliphatic hydroxyl groups is 1. The summed E-state index contributed by atoms with van der Waals surface area (Å²) >= 11 is 0. The number of amides is 3. The van der Waals surface area contributed by atoms with Crippen molar-refractivity contribution in [2.75, 3.05) is 13.6 Å². The summed E-state index contributed by atoms with van der Waals surface area (Å²) in [6.45, 7) is 0.651. The van der Waals surface area contributed by atoms with E-state index in [9.17, 15) is 14.7 Å². The summed E-state index contributed by atoms with van der Waals surface area (Å²) in [5, 5.41) is 15.6. The third-order valence-corrected chi connectivity index (χ3v) is 4.22. The fraction of sp³-hybridized carbons (Fsp3) is 0.467. The number of nitrogens with one attached hydrogen (secondary N) is 2. The molecule has 1 aromatic carbocycles. The quantitative estimate of drug-likeness (QED) is 0.726. The van der Waals surface area contributed by atoms with E-state index in [1.807, 2.05) is 24.3 Å². The predicted octanol–water partition coefficient (Wildman–Crippen LogP) is 0.175. The van der Waals surface area contributed by atoms with Crippen molar-refractivity contribution < 1.29 is 14.7 Å². The van der Waals surface area contributed by atoms with Crippen LogP contribution >= 0.6 is 0 Å². The van der Waals surface area contributed by atoms with Crippen LogP contribution < -0.4 is 10.6 Å². The first-order valence-electron chi connectivity index (χ1n) is 7.14. The highest BCUT2D eigenvalue weighted by Gasteiger charge is 2.34. The molecule has 0 aromatic heterocycles. The lowest BCUT2D eigenvalue weighted by atomic mass is 10.1. The van der Waals surface area contributed by atoms with Crippen LogP contribution in [-0.2, 0) is 11.2 Å². The zero-order valence-electron chi connectivity index (χ0n) is 11.9. The summed E-state index contributed by atoms with van der Waals surface area (Å²) in [5.74, 6) is -0.0717. The van der Waals surface area contributed by atoms with Crippen LogP contribution in [0.1, 0.15) is 23.6 Å². The van der Waals surface area contributed by atoms with E-state index in [1.54, 1.807) is 11.9 Å². The van der Waals surface area contributed by atoms with E-state index in [0.717, 1.165) is 11.1 Å². The number of likely N-dealkylation sites (tertiary alicyclic amines) is 1. The second-order valence-corrected chi connectivity index (χ2v) is 5.67. The molecule has 0 bridgehead atoms. The molecule has 3 amide bonds. The van der Waals surface area contributed by atoms with Gasteiger partial charge in [-0.3, -0.25) is 4.79 Å². The van der Waals surface area contributed by atoms with Crippen LogP contribution in [0.3, 0.4) is 0 Å². The van der Waals surface area contributed by atoms with Gasteiger partial charge in [-0.15, -0.1) is 0 Å². The number of likely N-dealkylation sites (N-methyl/N-ethyl adjacent to an activating group) is 1. The molecule has 1 saturated heterocycles. The molecule has 1 heterocycles. The molecular weight excluding hydrogens is 270 g/mol. The summed E-state index contributed by atoms with van der Waals surface area (Å²) in [7, 11) is 1.72. The van der Waals surface area contributed by atoms with E-state index in [0.29, 0.717) is 19.4 Å². The number of fused-ring (bicyclic) bond motifs is 1. The number of benzene rings is 1. The normalized spacial score (nSPS) is 27.6. The topological polar surface area (TPSA) is 81.7 Å². The van der Waals surface area contributed by atoms with Gasteiger partial charge in [0.15, 0.2) is 0 Å². The Morgan fingerprint density at radius 2 is 2.10 bits per heavy atom. The van der Waals surface area contributed by atoms with Gasteiger partial charge in [-0.1, -0.05) is 24.3 Å². The molecule has 112 valence electrons. The van der Waals surface area contributed by atoms with Gasteiger partial charge in [-0.05, 0) is 17.5 Å². The molecule has 6 nitrogen and oxygen atoms in total. The van der Waals surface area contributed by atoms with Crippen LogP contribution in [0.4, 0.5) is 4.79 Å². The molecule has 1 aromatic rings. The number of carbonyl (C=O) groups is 2. The fourth-order valence-electron chi connectivity index (χ4n) is 3.05. The maximum atomic E-state index is 12.1. The monoisotopic (exact) mass is 289 g/mol. The second kappa shape index (κ2) is 5.37. The van der Waals surface area contributed by atoms with E-state index >= 15 is 0 Å². The molecule has 0 spiro atoms. The van der Waals surface area contributed by atoms with Crippen molar-refractivity contribution in [3.8, 4) is 0 Å². The van der Waals surface area contributed by atoms with Gasteiger partial charge in [-0.25, -0.2) is 4.79 Å². The van der Waals surface area contributed by atoms with Gasteiger partial charge in [0, 0.05) is 20.0 Å². The lowest BCUT2D eigenvalue weighted by Gasteiger charge is -2.20. The highest BCUT2D eigenvalue weighted by molar-refractivity contribution is 5.88. The third kappa shape index (κ3) is 2.58. The first-order valence-corrected chi connectivity index (χ1v) is 7.14. The molecule has 1 aliphatic carbocycles. The molecule has 6 heteroatoms. The number of hydrogen-bond acceptors (Lipinski definition) is 3. The molecule has 1 fully saturated rings. The van der Waals surface area contributed by atoms with Crippen LogP contribution in [0.25, 0.3) is 0 Å². The summed E-state index contributed by atoms with van der Waals surface area (Å²) < 4.78 is 0. The highest BCUT2D eigenvalue weighted by Crippen LogP contribution is 2.31. The van der Waals surface area contributed by atoms with Gasteiger partial charge in [0.25, 0.3) is 0 Å². The van der Waals surface area contributed by atoms with Crippen molar-refractivity contribution in [1.29, 1.82) is 0 Å². The molecule has 0 saturated carbocycles. The summed E-state index contributed by atoms with van der Waals surface area (Å²) in [6.07, 6.45) is 0.522. The van der Waals surface area contributed by atoms with Gasteiger partial charge in [0.05, 0.1) is 12.1 Å². The third-order valence-electron chi connectivity index (χ3n) is 4.22. The van der Waals surface area contributed by atoms with Crippen molar-refractivity contribution in [2.45, 2.75) is 31.0 Å². The van der Waals surface area contributed by atoms with Crippen molar-refractivity contribution in [3.63, 3.8) is 0 Å². The number of rotatable bonds is 2. The fourth-order valence-corrected chi connectivity index (χ4v) is 3.05. The Morgan fingerprint density at radius 1 is 1.33 bits per heavy atom. The minimum atomic E-state index is -0.630. The van der Waals surface area contributed by atoms with E-state index in [1.165, 1.54) is 0 Å². The zero-order valence-corrected chi connectivity index (χ0v) is 11.9. The first kappa shape index (κ1) is 13.9. The van der Waals surface area contributed by atoms with Gasteiger partial charge in [0.1, 0.15) is 6.04 Å². The van der Waals surface area contributed by atoms with Crippen LogP contribution in [0.15, 0.2) is 24.3 Å². The summed E-state index contributed by atoms with van der Waals surface area (Å²) in [4.78, 5) is 25.4. The van der Waals surface area contributed by atoms with Crippen molar-refractivity contribution >= 4 is 11.9 Å². The van der Waals surface area contributed by atoms with Crippen LogP contribution in [0, 0.1) is 0 Å². The van der Waals surface area contributed by atoms with Gasteiger partial charge >= 0.3 is 6.03 Å². The number of hydrogen-bond donors (Lipinski definition) is 3. The van der Waals surface area contributed by atoms with E-state index < -0.39 is 24.2 Å². The molecule has 2 aliphatic rings. The zero-order chi connectivity index (χ0) is 15.0. The van der Waals surface area contributed by atoms with Crippen LogP contribution in [-0.4, -0.2) is 47.7 Å². The molecule has 0 radical (unpaired) electrons. The Balaban J connectivity index is 1.64. The SMILES string of the molecule is CN1CCC(NC(=O)NC2c3ccccc3CC2O)C1=O. The Hall–Kier alpha value is -2.08. The molecule has 3 N–H and O–H groups in total. The van der Waals surface area contributed by atoms with E-state index in [2.05, 4.69) is 10.6 Å². The second-order valence-electron chi connectivity index (χ2n) is 5.67. The Bertz CT molecular complexity index is 575. The Morgan fingerprint density at radius 3 is 2.81 bits per heavy atom. The number of aliphatic hydroxyl groups excluding tert-OH is 1. The molecular formula is C15H19N3O3. The van der Waals surface area contributed by atoms with Gasteiger partial charge in [0.2, 0.25) is 5.91 Å². The largest absolute Gasteiger partial charge is 0.390 e. The first-order chi connectivity index (χ1) is 10.1. The molecule has 3 rings (SSSR count). The van der Waals surface area contributed by atoms with Crippen LogP contribution in [0.5, 0.6) is 0 Å². The standard InChI is InChI=1S/C15H19N3O3/c1-18-7-6-11(14(18)20)16-15(21)17-13-10-5-3-2-4-9(10)8-12(13)19/h2-5,11-13,19H,6-8H2,1H3,(H2,16,17,21).